The summed E-state index contributed by atoms with van der Waals surface area (Å²) in [4.78, 5) is 12.0. The second-order valence-corrected chi connectivity index (χ2v) is 9.58. The van der Waals surface area contributed by atoms with Crippen molar-refractivity contribution in [3.05, 3.63) is 24.3 Å². The standard InChI is InChI=1S/C16H23NO8S2/c1-4-9-24-12-5-7-14(8-6-12)27(21,22)17-11-13(25-26(3,19)20)10-15(17)16(18)23-2/h5-8,13,15H,4,9-11H2,1-3H3/t13-,15-/m1/s1. The number of benzene rings is 1. The van der Waals surface area contributed by atoms with Crippen LogP contribution in [-0.2, 0) is 33.9 Å². The Bertz CT molecular complexity index is 864. The van der Waals surface area contributed by atoms with E-state index in [-0.39, 0.29) is 17.9 Å². The Morgan fingerprint density at radius 2 is 1.81 bits per heavy atom. The monoisotopic (exact) mass is 421 g/mol. The molecule has 1 aromatic carbocycles. The topological polar surface area (TPSA) is 116 Å². The van der Waals surface area contributed by atoms with Crippen LogP contribution in [0.4, 0.5) is 0 Å². The Hall–Kier alpha value is -1.69. The number of methoxy groups -OCH3 is 1. The minimum atomic E-state index is -4.07. The fourth-order valence-corrected chi connectivity index (χ4v) is 5.02. The largest absolute Gasteiger partial charge is 0.494 e. The molecule has 2 atom stereocenters. The van der Waals surface area contributed by atoms with Crippen molar-refractivity contribution in [3.63, 3.8) is 0 Å². The maximum atomic E-state index is 13.0. The number of hydrogen-bond acceptors (Lipinski definition) is 8. The molecule has 1 heterocycles. The predicted octanol–water partition coefficient (Wildman–Crippen LogP) is 0.756. The Kier molecular flexibility index (Phi) is 6.84. The Labute approximate surface area is 159 Å². The summed E-state index contributed by atoms with van der Waals surface area (Å²) < 4.78 is 64.6. The minimum absolute atomic E-state index is 0.0414. The van der Waals surface area contributed by atoms with Crippen LogP contribution in [0.2, 0.25) is 0 Å². The summed E-state index contributed by atoms with van der Waals surface area (Å²) in [6.07, 6.45) is 0.602. The fraction of sp³-hybridized carbons (Fsp3) is 0.562. The first-order valence-electron chi connectivity index (χ1n) is 8.29. The van der Waals surface area contributed by atoms with Gasteiger partial charge < -0.3 is 9.47 Å². The van der Waals surface area contributed by atoms with E-state index in [1.807, 2.05) is 6.92 Å². The van der Waals surface area contributed by atoms with Gasteiger partial charge in [0.05, 0.1) is 31.0 Å². The molecule has 1 fully saturated rings. The molecule has 152 valence electrons. The van der Waals surface area contributed by atoms with Crippen LogP contribution < -0.4 is 4.74 Å². The highest BCUT2D eigenvalue weighted by Crippen LogP contribution is 2.30. The van der Waals surface area contributed by atoms with Crippen molar-refractivity contribution in [2.24, 2.45) is 0 Å². The van der Waals surface area contributed by atoms with Crippen LogP contribution >= 0.6 is 0 Å². The zero-order valence-corrected chi connectivity index (χ0v) is 17.0. The molecule has 27 heavy (non-hydrogen) atoms. The first-order chi connectivity index (χ1) is 12.6. The number of ether oxygens (including phenoxy) is 2. The number of sulfonamides is 1. The maximum Gasteiger partial charge on any atom is 0.324 e. The molecule has 1 aliphatic rings. The minimum Gasteiger partial charge on any atom is -0.494 e. The van der Waals surface area contributed by atoms with Gasteiger partial charge >= 0.3 is 5.97 Å². The van der Waals surface area contributed by atoms with E-state index in [0.29, 0.717) is 12.4 Å². The molecule has 0 aliphatic carbocycles. The van der Waals surface area contributed by atoms with Crippen LogP contribution in [0.3, 0.4) is 0 Å². The van der Waals surface area contributed by atoms with Gasteiger partial charge in [0.2, 0.25) is 10.0 Å². The highest BCUT2D eigenvalue weighted by Gasteiger charge is 2.46. The SMILES string of the molecule is CCCOc1ccc(S(=O)(=O)N2C[C@H](OS(C)(=O)=O)C[C@@H]2C(=O)OC)cc1. The van der Waals surface area contributed by atoms with E-state index in [2.05, 4.69) is 4.74 Å². The van der Waals surface area contributed by atoms with Crippen LogP contribution in [-0.4, -0.2) is 65.8 Å². The normalized spacial score (nSPS) is 21.1. The summed E-state index contributed by atoms with van der Waals surface area (Å²) in [5.74, 6) is -0.249. The van der Waals surface area contributed by atoms with Crippen LogP contribution in [0.15, 0.2) is 29.2 Å². The molecule has 0 amide bonds. The lowest BCUT2D eigenvalue weighted by Gasteiger charge is -2.22. The Morgan fingerprint density at radius 3 is 2.33 bits per heavy atom. The van der Waals surface area contributed by atoms with Gasteiger partial charge in [-0.2, -0.15) is 12.7 Å². The molecule has 11 heteroatoms. The molecule has 0 N–H and O–H groups in total. The Morgan fingerprint density at radius 1 is 1.19 bits per heavy atom. The predicted molar refractivity (Wildman–Crippen MR) is 96.3 cm³/mol. The molecule has 0 bridgehead atoms. The van der Waals surface area contributed by atoms with Crippen molar-refractivity contribution in [1.29, 1.82) is 0 Å². The number of hydrogen-bond donors (Lipinski definition) is 0. The summed E-state index contributed by atoms with van der Waals surface area (Å²) in [5, 5.41) is 0. The average molecular weight is 421 g/mol. The van der Waals surface area contributed by atoms with Gasteiger partial charge in [-0.15, -0.1) is 0 Å². The van der Waals surface area contributed by atoms with Crippen molar-refractivity contribution in [2.75, 3.05) is 26.5 Å². The van der Waals surface area contributed by atoms with Crippen LogP contribution in [0.1, 0.15) is 19.8 Å². The van der Waals surface area contributed by atoms with Gasteiger partial charge in [-0.1, -0.05) is 6.92 Å². The number of nitrogens with zero attached hydrogens (tertiary/aromatic N) is 1. The van der Waals surface area contributed by atoms with E-state index in [4.69, 9.17) is 8.92 Å². The third-order valence-electron chi connectivity index (χ3n) is 3.90. The molecular weight excluding hydrogens is 398 g/mol. The van der Waals surface area contributed by atoms with Gasteiger partial charge in [0.15, 0.2) is 0 Å². The van der Waals surface area contributed by atoms with Crippen molar-refractivity contribution >= 4 is 26.1 Å². The van der Waals surface area contributed by atoms with E-state index < -0.39 is 38.3 Å². The zero-order chi connectivity index (χ0) is 20.2. The molecule has 0 aromatic heterocycles. The van der Waals surface area contributed by atoms with Crippen molar-refractivity contribution < 1.29 is 35.3 Å². The second kappa shape index (κ2) is 8.55. The molecule has 0 saturated carbocycles. The van der Waals surface area contributed by atoms with Gasteiger partial charge in [0, 0.05) is 13.0 Å². The lowest BCUT2D eigenvalue weighted by Crippen LogP contribution is -2.41. The number of carbonyl (C=O) groups excluding carboxylic acids is 1. The van der Waals surface area contributed by atoms with E-state index in [1.165, 1.54) is 24.3 Å². The number of esters is 1. The van der Waals surface area contributed by atoms with Crippen LogP contribution in [0.5, 0.6) is 5.75 Å². The van der Waals surface area contributed by atoms with E-state index in [0.717, 1.165) is 24.1 Å². The molecule has 1 aromatic rings. The fourth-order valence-electron chi connectivity index (χ4n) is 2.76. The molecule has 9 nitrogen and oxygen atoms in total. The van der Waals surface area contributed by atoms with Gasteiger partial charge in [-0.05, 0) is 30.7 Å². The lowest BCUT2D eigenvalue weighted by atomic mass is 10.2. The van der Waals surface area contributed by atoms with Gasteiger partial charge in [-0.25, -0.2) is 8.42 Å². The van der Waals surface area contributed by atoms with Gasteiger partial charge in [0.25, 0.3) is 10.1 Å². The van der Waals surface area contributed by atoms with Gasteiger partial charge in [0.1, 0.15) is 11.8 Å². The summed E-state index contributed by atoms with van der Waals surface area (Å²) in [6, 6.07) is 4.63. The molecule has 2 rings (SSSR count). The van der Waals surface area contributed by atoms with E-state index in [9.17, 15) is 21.6 Å². The first kappa shape index (κ1) is 21.6. The summed E-state index contributed by atoms with van der Waals surface area (Å²) in [6.45, 7) is 2.19. The van der Waals surface area contributed by atoms with Crippen molar-refractivity contribution in [1.82, 2.24) is 4.31 Å². The van der Waals surface area contributed by atoms with Gasteiger partial charge in [-0.3, -0.25) is 8.98 Å². The number of rotatable bonds is 8. The highest BCUT2D eigenvalue weighted by molar-refractivity contribution is 7.89. The van der Waals surface area contributed by atoms with Crippen LogP contribution in [0, 0.1) is 0 Å². The number of carbonyl (C=O) groups is 1. The molecule has 1 aliphatic heterocycles. The average Bonchev–Trinajstić information content (AvgIpc) is 3.02. The molecule has 0 radical (unpaired) electrons. The highest BCUT2D eigenvalue weighted by atomic mass is 32.2. The third kappa shape index (κ3) is 5.41. The first-order valence-corrected chi connectivity index (χ1v) is 11.5. The van der Waals surface area contributed by atoms with E-state index >= 15 is 0 Å². The summed E-state index contributed by atoms with van der Waals surface area (Å²) >= 11 is 0. The van der Waals surface area contributed by atoms with Crippen molar-refractivity contribution in [3.8, 4) is 5.75 Å². The third-order valence-corrected chi connectivity index (χ3v) is 6.42. The van der Waals surface area contributed by atoms with Crippen LogP contribution in [0.25, 0.3) is 0 Å². The molecule has 0 unspecified atom stereocenters. The quantitative estimate of drug-likeness (QED) is 0.446. The summed E-state index contributed by atoms with van der Waals surface area (Å²) in [5.41, 5.74) is 0. The summed E-state index contributed by atoms with van der Waals surface area (Å²) in [7, 11) is -6.73. The second-order valence-electron chi connectivity index (χ2n) is 6.09. The Balaban J connectivity index is 2.29. The molecule has 0 spiro atoms. The van der Waals surface area contributed by atoms with Crippen molar-refractivity contribution in [2.45, 2.75) is 36.8 Å². The van der Waals surface area contributed by atoms with E-state index in [1.54, 1.807) is 0 Å². The lowest BCUT2D eigenvalue weighted by molar-refractivity contribution is -0.144. The molecular formula is C16H23NO8S2. The zero-order valence-electron chi connectivity index (χ0n) is 15.3. The maximum absolute atomic E-state index is 13.0. The molecule has 1 saturated heterocycles. The smallest absolute Gasteiger partial charge is 0.324 e.